The molecule has 0 unspecified atom stereocenters. The molecule has 6 heteroatoms. The van der Waals surface area contributed by atoms with Crippen LogP contribution in [0, 0.1) is 17.3 Å². The number of aromatic amines is 1. The molecule has 146 valence electrons. The van der Waals surface area contributed by atoms with Crippen molar-refractivity contribution in [1.82, 2.24) is 15.1 Å². The molecule has 0 spiro atoms. The summed E-state index contributed by atoms with van der Waals surface area (Å²) in [7, 11) is 0. The molecule has 27 heavy (non-hydrogen) atoms. The van der Waals surface area contributed by atoms with Crippen LogP contribution in [0.1, 0.15) is 57.6 Å². The molecule has 2 aromatic rings. The number of aromatic nitrogens is 2. The highest BCUT2D eigenvalue weighted by atomic mass is 35.5. The SMILES string of the molecule is CC(C)(C1CCN(C(=O)CC2CC2)CC1)[C@H](O)c1cc(Cl)cc2cn[nH]c12. The van der Waals surface area contributed by atoms with Gasteiger partial charge in [0.15, 0.2) is 0 Å². The molecule has 1 aliphatic carbocycles. The molecular formula is C21H28ClN3O2. The number of hydrogen-bond acceptors (Lipinski definition) is 3. The van der Waals surface area contributed by atoms with Crippen LogP contribution in [-0.2, 0) is 4.79 Å². The lowest BCUT2D eigenvalue weighted by Gasteiger charge is -2.43. The van der Waals surface area contributed by atoms with Crippen molar-refractivity contribution in [2.45, 2.75) is 52.1 Å². The van der Waals surface area contributed by atoms with Gasteiger partial charge in [-0.15, -0.1) is 0 Å². The fourth-order valence-corrected chi connectivity index (χ4v) is 4.69. The van der Waals surface area contributed by atoms with Gasteiger partial charge >= 0.3 is 0 Å². The second-order valence-corrected chi connectivity index (χ2v) is 9.29. The summed E-state index contributed by atoms with van der Waals surface area (Å²) in [6.45, 7) is 5.82. The highest BCUT2D eigenvalue weighted by Crippen LogP contribution is 2.46. The zero-order valence-electron chi connectivity index (χ0n) is 16.0. The van der Waals surface area contributed by atoms with E-state index in [2.05, 4.69) is 24.0 Å². The van der Waals surface area contributed by atoms with Crippen molar-refractivity contribution in [1.29, 1.82) is 0 Å². The third-order valence-corrected chi connectivity index (χ3v) is 6.82. The fourth-order valence-electron chi connectivity index (χ4n) is 4.46. The van der Waals surface area contributed by atoms with E-state index in [1.807, 2.05) is 17.0 Å². The lowest BCUT2D eigenvalue weighted by atomic mass is 9.68. The van der Waals surface area contributed by atoms with Gasteiger partial charge in [0, 0.05) is 35.5 Å². The molecule has 1 amide bonds. The van der Waals surface area contributed by atoms with Crippen LogP contribution in [0.2, 0.25) is 5.02 Å². The van der Waals surface area contributed by atoms with Gasteiger partial charge in [-0.3, -0.25) is 9.89 Å². The summed E-state index contributed by atoms with van der Waals surface area (Å²) >= 11 is 6.26. The Hall–Kier alpha value is -1.59. The van der Waals surface area contributed by atoms with Crippen LogP contribution in [0.5, 0.6) is 0 Å². The van der Waals surface area contributed by atoms with Gasteiger partial charge in [-0.25, -0.2) is 0 Å². The first kappa shape index (κ1) is 18.8. The van der Waals surface area contributed by atoms with Crippen molar-refractivity contribution < 1.29 is 9.90 Å². The second kappa shape index (κ2) is 7.10. The number of nitrogens with one attached hydrogen (secondary N) is 1. The number of H-pyrrole nitrogens is 1. The van der Waals surface area contributed by atoms with Gasteiger partial charge in [0.05, 0.1) is 17.8 Å². The number of carbonyl (C=O) groups is 1. The van der Waals surface area contributed by atoms with E-state index < -0.39 is 6.10 Å². The maximum absolute atomic E-state index is 12.4. The van der Waals surface area contributed by atoms with Gasteiger partial charge in [-0.2, -0.15) is 5.10 Å². The molecule has 1 saturated carbocycles. The molecule has 2 heterocycles. The largest absolute Gasteiger partial charge is 0.388 e. The maximum atomic E-state index is 12.4. The monoisotopic (exact) mass is 389 g/mol. The van der Waals surface area contributed by atoms with Crippen LogP contribution in [0.25, 0.3) is 10.9 Å². The Morgan fingerprint density at radius 2 is 2.04 bits per heavy atom. The van der Waals surface area contributed by atoms with Crippen LogP contribution in [0.4, 0.5) is 0 Å². The fraction of sp³-hybridized carbons (Fsp3) is 0.619. The summed E-state index contributed by atoms with van der Waals surface area (Å²) in [5, 5.41) is 19.9. The van der Waals surface area contributed by atoms with Crippen LogP contribution in [-0.4, -0.2) is 39.2 Å². The predicted octanol–water partition coefficient (Wildman–Crippen LogP) is 4.31. The summed E-state index contributed by atoms with van der Waals surface area (Å²) in [6, 6.07) is 3.69. The van der Waals surface area contributed by atoms with E-state index in [4.69, 9.17) is 11.6 Å². The van der Waals surface area contributed by atoms with Gasteiger partial charge in [0.25, 0.3) is 0 Å². The summed E-state index contributed by atoms with van der Waals surface area (Å²) in [5.74, 6) is 1.28. The Bertz CT molecular complexity index is 835. The van der Waals surface area contributed by atoms with Crippen molar-refractivity contribution in [3.63, 3.8) is 0 Å². The van der Waals surface area contributed by atoms with E-state index in [-0.39, 0.29) is 5.41 Å². The van der Waals surface area contributed by atoms with Gasteiger partial charge in [-0.05, 0) is 55.1 Å². The maximum Gasteiger partial charge on any atom is 0.222 e. The number of piperidine rings is 1. The molecule has 1 saturated heterocycles. The third-order valence-electron chi connectivity index (χ3n) is 6.60. The Balaban J connectivity index is 1.47. The molecule has 0 radical (unpaired) electrons. The summed E-state index contributed by atoms with van der Waals surface area (Å²) in [5.41, 5.74) is 1.32. The zero-order valence-corrected chi connectivity index (χ0v) is 16.8. The molecule has 1 aromatic heterocycles. The molecule has 0 bridgehead atoms. The average Bonchev–Trinajstić information content (AvgIpc) is 3.34. The van der Waals surface area contributed by atoms with Gasteiger partial charge in [0.2, 0.25) is 5.91 Å². The first-order valence-electron chi connectivity index (χ1n) is 9.94. The minimum absolute atomic E-state index is 0.309. The Labute approximate surface area is 165 Å². The van der Waals surface area contributed by atoms with Crippen LogP contribution in [0.3, 0.4) is 0 Å². The van der Waals surface area contributed by atoms with Crippen molar-refractivity contribution in [2.75, 3.05) is 13.1 Å². The minimum atomic E-state index is -0.655. The summed E-state index contributed by atoms with van der Waals surface area (Å²) in [4.78, 5) is 14.4. The topological polar surface area (TPSA) is 69.2 Å². The molecule has 5 nitrogen and oxygen atoms in total. The smallest absolute Gasteiger partial charge is 0.222 e. The van der Waals surface area contributed by atoms with E-state index >= 15 is 0 Å². The van der Waals surface area contributed by atoms with E-state index in [1.165, 1.54) is 12.8 Å². The Morgan fingerprint density at radius 3 is 2.70 bits per heavy atom. The molecule has 2 fully saturated rings. The number of aliphatic hydroxyl groups excluding tert-OH is 1. The number of benzene rings is 1. The number of aliphatic hydroxyl groups is 1. The van der Waals surface area contributed by atoms with E-state index in [0.717, 1.165) is 48.8 Å². The van der Waals surface area contributed by atoms with Gasteiger partial charge in [-0.1, -0.05) is 25.4 Å². The first-order chi connectivity index (χ1) is 12.9. The third kappa shape index (κ3) is 3.72. The number of amides is 1. The number of rotatable bonds is 5. The summed E-state index contributed by atoms with van der Waals surface area (Å²) in [6.07, 6.45) is 6.07. The van der Waals surface area contributed by atoms with Crippen molar-refractivity contribution in [3.05, 3.63) is 28.9 Å². The van der Waals surface area contributed by atoms with E-state index in [9.17, 15) is 9.90 Å². The predicted molar refractivity (Wildman–Crippen MR) is 106 cm³/mol. The number of likely N-dealkylation sites (tertiary alicyclic amines) is 1. The van der Waals surface area contributed by atoms with Crippen molar-refractivity contribution in [3.8, 4) is 0 Å². The molecule has 1 atom stereocenters. The number of nitrogens with zero attached hydrogens (tertiary/aromatic N) is 2. The normalized spacial score (nSPS) is 20.2. The molecule has 1 aromatic carbocycles. The molecule has 2 aliphatic rings. The highest BCUT2D eigenvalue weighted by Gasteiger charge is 2.40. The lowest BCUT2D eigenvalue weighted by molar-refractivity contribution is -0.134. The van der Waals surface area contributed by atoms with Gasteiger partial charge < -0.3 is 10.0 Å². The molecule has 4 rings (SSSR count). The average molecular weight is 390 g/mol. The van der Waals surface area contributed by atoms with Crippen molar-refractivity contribution >= 4 is 28.4 Å². The van der Waals surface area contributed by atoms with Crippen LogP contribution in [0.15, 0.2) is 18.3 Å². The van der Waals surface area contributed by atoms with E-state index in [1.54, 1.807) is 6.20 Å². The quantitative estimate of drug-likeness (QED) is 0.800. The number of fused-ring (bicyclic) bond motifs is 1. The Kier molecular flexibility index (Phi) is 4.93. The number of halogens is 1. The van der Waals surface area contributed by atoms with E-state index in [0.29, 0.717) is 22.8 Å². The molecular weight excluding hydrogens is 362 g/mol. The highest BCUT2D eigenvalue weighted by molar-refractivity contribution is 6.31. The van der Waals surface area contributed by atoms with Crippen LogP contribution < -0.4 is 0 Å². The van der Waals surface area contributed by atoms with Gasteiger partial charge in [0.1, 0.15) is 0 Å². The second-order valence-electron chi connectivity index (χ2n) is 8.86. The summed E-state index contributed by atoms with van der Waals surface area (Å²) < 4.78 is 0. The number of hydrogen-bond donors (Lipinski definition) is 2. The minimum Gasteiger partial charge on any atom is -0.388 e. The number of carbonyl (C=O) groups excluding carboxylic acids is 1. The lowest BCUT2D eigenvalue weighted by Crippen LogP contribution is -2.43. The molecule has 2 N–H and O–H groups in total. The van der Waals surface area contributed by atoms with Crippen LogP contribution >= 0.6 is 11.6 Å². The zero-order chi connectivity index (χ0) is 19.2. The standard InChI is InChI=1S/C21H28ClN3O2/c1-21(2,15-5-7-25(8-6-15)18(26)9-13-3-4-13)20(27)17-11-16(22)10-14-12-23-24-19(14)17/h10-13,15,20,27H,3-9H2,1-2H3,(H,23,24)/t20-/m1/s1. The Morgan fingerprint density at radius 1 is 1.33 bits per heavy atom. The van der Waals surface area contributed by atoms with Crippen molar-refractivity contribution in [2.24, 2.45) is 17.3 Å². The molecule has 1 aliphatic heterocycles. The first-order valence-corrected chi connectivity index (χ1v) is 10.3.